The lowest BCUT2D eigenvalue weighted by atomic mass is 10.3. The predicted octanol–water partition coefficient (Wildman–Crippen LogP) is 1.88. The van der Waals surface area contributed by atoms with Crippen LogP contribution < -0.4 is 4.90 Å². The molecule has 0 amide bonds. The maximum absolute atomic E-state index is 9.54. The molecule has 0 aliphatic carbocycles. The summed E-state index contributed by atoms with van der Waals surface area (Å²) >= 11 is 1.51. The van der Waals surface area contributed by atoms with Crippen molar-refractivity contribution in [3.05, 3.63) is 24.3 Å². The highest BCUT2D eigenvalue weighted by molar-refractivity contribution is 8.14. The van der Waals surface area contributed by atoms with Gasteiger partial charge >= 0.3 is 0 Å². The Kier molecular flexibility index (Phi) is 2.14. The molecule has 2 N–H and O–H groups in total. The molecule has 0 saturated carbocycles. The SMILES string of the molecule is N=C1SCCN1c1ccccc1O. The minimum atomic E-state index is 0.245. The van der Waals surface area contributed by atoms with Crippen molar-refractivity contribution in [3.8, 4) is 5.75 Å². The molecule has 0 bridgehead atoms. The quantitative estimate of drug-likeness (QED) is 0.717. The Hall–Kier alpha value is -1.16. The van der Waals surface area contributed by atoms with Gasteiger partial charge in [-0.15, -0.1) is 0 Å². The Morgan fingerprint density at radius 3 is 2.77 bits per heavy atom. The lowest BCUT2D eigenvalue weighted by molar-refractivity contribution is 0.476. The van der Waals surface area contributed by atoms with Crippen molar-refractivity contribution in [1.82, 2.24) is 0 Å². The van der Waals surface area contributed by atoms with Crippen LogP contribution in [0.3, 0.4) is 0 Å². The van der Waals surface area contributed by atoms with Crippen molar-refractivity contribution in [3.63, 3.8) is 0 Å². The van der Waals surface area contributed by atoms with Crippen LogP contribution in [0.5, 0.6) is 5.75 Å². The average Bonchev–Trinajstić information content (AvgIpc) is 2.52. The highest BCUT2D eigenvalue weighted by atomic mass is 32.2. The van der Waals surface area contributed by atoms with Gasteiger partial charge in [0.25, 0.3) is 0 Å². The Labute approximate surface area is 80.9 Å². The number of nitrogens with one attached hydrogen (secondary N) is 1. The van der Waals surface area contributed by atoms with Gasteiger partial charge < -0.3 is 10.0 Å². The number of benzene rings is 1. The predicted molar refractivity (Wildman–Crippen MR) is 55.6 cm³/mol. The minimum absolute atomic E-state index is 0.245. The molecular weight excluding hydrogens is 184 g/mol. The number of para-hydroxylation sites is 2. The summed E-state index contributed by atoms with van der Waals surface area (Å²) in [5, 5.41) is 17.7. The molecule has 1 aliphatic heterocycles. The van der Waals surface area contributed by atoms with Crippen LogP contribution in [0.2, 0.25) is 0 Å². The highest BCUT2D eigenvalue weighted by Crippen LogP contribution is 2.31. The first-order chi connectivity index (χ1) is 6.29. The third-order valence-electron chi connectivity index (χ3n) is 1.97. The van der Waals surface area contributed by atoms with Gasteiger partial charge in [0.1, 0.15) is 5.75 Å². The molecule has 3 nitrogen and oxygen atoms in total. The number of amidine groups is 1. The maximum atomic E-state index is 9.54. The van der Waals surface area contributed by atoms with E-state index in [4.69, 9.17) is 5.41 Å². The van der Waals surface area contributed by atoms with E-state index in [9.17, 15) is 5.11 Å². The first-order valence-corrected chi connectivity index (χ1v) is 5.04. The molecule has 13 heavy (non-hydrogen) atoms. The molecule has 0 aromatic heterocycles. The molecule has 0 radical (unpaired) electrons. The second kappa shape index (κ2) is 3.30. The molecule has 1 aliphatic rings. The van der Waals surface area contributed by atoms with Crippen LogP contribution >= 0.6 is 11.8 Å². The zero-order valence-corrected chi connectivity index (χ0v) is 7.84. The fraction of sp³-hybridized carbons (Fsp3) is 0.222. The summed E-state index contributed by atoms with van der Waals surface area (Å²) in [6.07, 6.45) is 0. The van der Waals surface area contributed by atoms with E-state index in [-0.39, 0.29) is 5.75 Å². The molecule has 1 aromatic carbocycles. The average molecular weight is 194 g/mol. The van der Waals surface area contributed by atoms with Crippen LogP contribution in [0.15, 0.2) is 24.3 Å². The maximum Gasteiger partial charge on any atom is 0.161 e. The van der Waals surface area contributed by atoms with Crippen LogP contribution in [-0.4, -0.2) is 22.6 Å². The Bertz CT molecular complexity index is 340. The van der Waals surface area contributed by atoms with Gasteiger partial charge in [-0.1, -0.05) is 23.9 Å². The van der Waals surface area contributed by atoms with E-state index in [0.717, 1.165) is 18.0 Å². The number of rotatable bonds is 1. The molecule has 0 unspecified atom stereocenters. The fourth-order valence-corrected chi connectivity index (χ4v) is 2.15. The second-order valence-corrected chi connectivity index (χ2v) is 3.88. The zero-order valence-electron chi connectivity index (χ0n) is 7.03. The fourth-order valence-electron chi connectivity index (χ4n) is 1.34. The van der Waals surface area contributed by atoms with Crippen LogP contribution in [-0.2, 0) is 0 Å². The first-order valence-electron chi connectivity index (χ1n) is 4.06. The molecule has 1 aromatic rings. The summed E-state index contributed by atoms with van der Waals surface area (Å²) < 4.78 is 0. The number of aromatic hydroxyl groups is 1. The summed E-state index contributed by atoms with van der Waals surface area (Å²) in [5.41, 5.74) is 0.734. The Morgan fingerprint density at radius 1 is 1.38 bits per heavy atom. The third kappa shape index (κ3) is 1.49. The number of phenolic OH excluding ortho intramolecular Hbond substituents is 1. The standard InChI is InChI=1S/C9H10N2OS/c10-9-11(5-6-13-9)7-3-1-2-4-8(7)12/h1-4,10,12H,5-6H2. The molecule has 0 atom stereocenters. The number of thioether (sulfide) groups is 1. The van der Waals surface area contributed by atoms with Crippen molar-refractivity contribution >= 4 is 22.6 Å². The number of hydrogen-bond donors (Lipinski definition) is 2. The van der Waals surface area contributed by atoms with Gasteiger partial charge in [0, 0.05) is 12.3 Å². The van der Waals surface area contributed by atoms with Gasteiger partial charge in [0.05, 0.1) is 5.69 Å². The van der Waals surface area contributed by atoms with Gasteiger partial charge in [-0.3, -0.25) is 5.41 Å². The molecule has 2 rings (SSSR count). The molecule has 1 fully saturated rings. The van der Waals surface area contributed by atoms with Crippen LogP contribution in [0.25, 0.3) is 0 Å². The smallest absolute Gasteiger partial charge is 0.161 e. The highest BCUT2D eigenvalue weighted by Gasteiger charge is 2.20. The normalized spacial score (nSPS) is 16.6. The number of phenols is 1. The van der Waals surface area contributed by atoms with Crippen molar-refractivity contribution in [2.24, 2.45) is 0 Å². The monoisotopic (exact) mass is 194 g/mol. The lowest BCUT2D eigenvalue weighted by Crippen LogP contribution is -2.22. The van der Waals surface area contributed by atoms with Crippen molar-refractivity contribution in [1.29, 1.82) is 5.41 Å². The lowest BCUT2D eigenvalue weighted by Gasteiger charge is -2.17. The van der Waals surface area contributed by atoms with E-state index >= 15 is 0 Å². The summed E-state index contributed by atoms with van der Waals surface area (Å²) in [5.74, 6) is 1.17. The number of anilines is 1. The molecule has 68 valence electrons. The van der Waals surface area contributed by atoms with Gasteiger partial charge in [0.2, 0.25) is 0 Å². The number of hydrogen-bond acceptors (Lipinski definition) is 3. The van der Waals surface area contributed by atoms with Gasteiger partial charge in [-0.2, -0.15) is 0 Å². The van der Waals surface area contributed by atoms with Crippen molar-refractivity contribution in [2.75, 3.05) is 17.2 Å². The topological polar surface area (TPSA) is 47.3 Å². The second-order valence-electron chi connectivity index (χ2n) is 2.79. The Balaban J connectivity index is 2.34. The van der Waals surface area contributed by atoms with Gasteiger partial charge in [-0.25, -0.2) is 0 Å². The minimum Gasteiger partial charge on any atom is -0.506 e. The first kappa shape index (κ1) is 8.44. The third-order valence-corrected chi connectivity index (χ3v) is 2.85. The van der Waals surface area contributed by atoms with Crippen LogP contribution in [0.4, 0.5) is 5.69 Å². The molecule has 4 heteroatoms. The molecule has 0 spiro atoms. The molecule has 1 heterocycles. The van der Waals surface area contributed by atoms with E-state index in [0.29, 0.717) is 5.17 Å². The summed E-state index contributed by atoms with van der Waals surface area (Å²) in [7, 11) is 0. The molecular formula is C9H10N2OS. The van der Waals surface area contributed by atoms with E-state index in [1.165, 1.54) is 11.8 Å². The Morgan fingerprint density at radius 2 is 2.15 bits per heavy atom. The van der Waals surface area contributed by atoms with Gasteiger partial charge in [0.15, 0.2) is 5.17 Å². The van der Waals surface area contributed by atoms with Crippen molar-refractivity contribution < 1.29 is 5.11 Å². The van der Waals surface area contributed by atoms with E-state index in [2.05, 4.69) is 0 Å². The van der Waals surface area contributed by atoms with Gasteiger partial charge in [-0.05, 0) is 12.1 Å². The summed E-state index contributed by atoms with van der Waals surface area (Å²) in [4.78, 5) is 1.82. The summed E-state index contributed by atoms with van der Waals surface area (Å²) in [6.45, 7) is 0.807. The van der Waals surface area contributed by atoms with E-state index < -0.39 is 0 Å². The largest absolute Gasteiger partial charge is 0.506 e. The van der Waals surface area contributed by atoms with Crippen LogP contribution in [0.1, 0.15) is 0 Å². The molecule has 1 saturated heterocycles. The van der Waals surface area contributed by atoms with E-state index in [1.54, 1.807) is 12.1 Å². The van der Waals surface area contributed by atoms with Crippen molar-refractivity contribution in [2.45, 2.75) is 0 Å². The number of nitrogens with zero attached hydrogens (tertiary/aromatic N) is 1. The zero-order chi connectivity index (χ0) is 9.26. The van der Waals surface area contributed by atoms with Crippen LogP contribution in [0, 0.1) is 5.41 Å². The van der Waals surface area contributed by atoms with E-state index in [1.807, 2.05) is 17.0 Å². The summed E-state index contributed by atoms with van der Waals surface area (Å²) in [6, 6.07) is 7.12.